The van der Waals surface area contributed by atoms with Crippen LogP contribution in [0.4, 0.5) is 21.6 Å². The van der Waals surface area contributed by atoms with Gasteiger partial charge in [-0.1, -0.05) is 22.5 Å². The highest BCUT2D eigenvalue weighted by atomic mass is 79.9. The number of carbonyl (C=O) groups excluding carboxylic acids is 1. The fraction of sp³-hybridized carbons (Fsp3) is 0.150. The SMILES string of the molecule is C=CC(=O)Nc1cc2c(Nc3ccc(Br)cc3F)ncnc2cc1OCCOC. The maximum atomic E-state index is 14.2. The van der Waals surface area contributed by atoms with Crippen molar-refractivity contribution < 1.29 is 18.7 Å². The lowest BCUT2D eigenvalue weighted by molar-refractivity contribution is -0.111. The van der Waals surface area contributed by atoms with Crippen LogP contribution in [-0.2, 0) is 9.53 Å². The van der Waals surface area contributed by atoms with E-state index in [1.165, 1.54) is 12.4 Å². The number of amides is 1. The largest absolute Gasteiger partial charge is 0.489 e. The number of nitrogens with zero attached hydrogens (tertiary/aromatic N) is 2. The average molecular weight is 461 g/mol. The molecule has 1 heterocycles. The molecule has 0 unspecified atom stereocenters. The van der Waals surface area contributed by atoms with Gasteiger partial charge in [0.05, 0.1) is 23.5 Å². The minimum atomic E-state index is -0.439. The zero-order valence-electron chi connectivity index (χ0n) is 15.5. The molecule has 0 saturated carbocycles. The minimum Gasteiger partial charge on any atom is -0.489 e. The number of nitrogens with one attached hydrogen (secondary N) is 2. The first-order valence-corrected chi connectivity index (χ1v) is 9.37. The van der Waals surface area contributed by atoms with Crippen LogP contribution in [0.1, 0.15) is 0 Å². The Morgan fingerprint density at radius 3 is 2.79 bits per heavy atom. The summed E-state index contributed by atoms with van der Waals surface area (Å²) in [6, 6.07) is 8.00. The van der Waals surface area contributed by atoms with Crippen molar-refractivity contribution in [1.82, 2.24) is 9.97 Å². The molecule has 0 radical (unpaired) electrons. The van der Waals surface area contributed by atoms with Crippen LogP contribution in [0.5, 0.6) is 5.75 Å². The Bertz CT molecular complexity index is 1060. The summed E-state index contributed by atoms with van der Waals surface area (Å²) in [5.41, 5.74) is 1.22. The summed E-state index contributed by atoms with van der Waals surface area (Å²) in [5.74, 6) is -0.0323. The van der Waals surface area contributed by atoms with Gasteiger partial charge in [0.1, 0.15) is 30.3 Å². The van der Waals surface area contributed by atoms with Crippen LogP contribution >= 0.6 is 15.9 Å². The molecule has 150 valence electrons. The highest BCUT2D eigenvalue weighted by Gasteiger charge is 2.14. The summed E-state index contributed by atoms with van der Waals surface area (Å²) in [4.78, 5) is 20.3. The maximum Gasteiger partial charge on any atom is 0.247 e. The summed E-state index contributed by atoms with van der Waals surface area (Å²) < 4.78 is 25.6. The Hall–Kier alpha value is -3.04. The van der Waals surface area contributed by atoms with E-state index in [2.05, 4.69) is 43.1 Å². The molecule has 1 amide bonds. The molecule has 0 fully saturated rings. The number of ether oxygens (including phenoxy) is 2. The standard InChI is InChI=1S/C20H18BrFN4O3/c1-3-19(27)25-17-9-13-16(10-18(17)29-7-6-28-2)23-11-24-20(13)26-15-5-4-12(21)8-14(15)22/h3-5,8-11H,1,6-7H2,2H3,(H,25,27)(H,23,24,26). The van der Waals surface area contributed by atoms with E-state index in [9.17, 15) is 9.18 Å². The molecule has 0 aliphatic heterocycles. The summed E-state index contributed by atoms with van der Waals surface area (Å²) in [6.07, 6.45) is 2.52. The number of rotatable bonds is 8. The van der Waals surface area contributed by atoms with E-state index in [-0.39, 0.29) is 5.69 Å². The number of carbonyl (C=O) groups is 1. The van der Waals surface area contributed by atoms with Crippen LogP contribution in [0.25, 0.3) is 10.9 Å². The Morgan fingerprint density at radius 2 is 2.07 bits per heavy atom. The van der Waals surface area contributed by atoms with Crippen LogP contribution in [-0.4, -0.2) is 36.2 Å². The normalized spacial score (nSPS) is 10.6. The quantitative estimate of drug-likeness (QED) is 0.382. The molecule has 1 aromatic heterocycles. The Labute approximate surface area is 175 Å². The molecule has 3 aromatic rings. The lowest BCUT2D eigenvalue weighted by atomic mass is 10.1. The Morgan fingerprint density at radius 1 is 1.24 bits per heavy atom. The number of hydrogen-bond acceptors (Lipinski definition) is 6. The maximum absolute atomic E-state index is 14.2. The molecule has 7 nitrogen and oxygen atoms in total. The number of anilines is 3. The van der Waals surface area contributed by atoms with Crippen molar-refractivity contribution in [1.29, 1.82) is 0 Å². The first-order valence-electron chi connectivity index (χ1n) is 8.58. The number of benzene rings is 2. The predicted octanol–water partition coefficient (Wildman–Crippen LogP) is 4.42. The third-order valence-corrected chi connectivity index (χ3v) is 4.40. The molecule has 0 aliphatic rings. The van der Waals surface area contributed by atoms with Gasteiger partial charge in [0.25, 0.3) is 0 Å². The van der Waals surface area contributed by atoms with Crippen molar-refractivity contribution in [3.63, 3.8) is 0 Å². The first-order chi connectivity index (χ1) is 14.0. The summed E-state index contributed by atoms with van der Waals surface area (Å²) in [7, 11) is 1.57. The van der Waals surface area contributed by atoms with Crippen LogP contribution in [0, 0.1) is 5.82 Å². The molecule has 0 bridgehead atoms. The van der Waals surface area contributed by atoms with Crippen molar-refractivity contribution in [2.24, 2.45) is 0 Å². The molecule has 2 aromatic carbocycles. The lowest BCUT2D eigenvalue weighted by Crippen LogP contribution is -2.11. The van der Waals surface area contributed by atoms with E-state index in [1.54, 1.807) is 31.4 Å². The predicted molar refractivity (Wildman–Crippen MR) is 113 cm³/mol. The first kappa shape index (κ1) is 20.7. The molecule has 9 heteroatoms. The van der Waals surface area contributed by atoms with E-state index >= 15 is 0 Å². The van der Waals surface area contributed by atoms with E-state index in [0.717, 1.165) is 6.08 Å². The van der Waals surface area contributed by atoms with Gasteiger partial charge in [-0.15, -0.1) is 0 Å². The van der Waals surface area contributed by atoms with Gasteiger partial charge in [0.2, 0.25) is 5.91 Å². The van der Waals surface area contributed by atoms with Crippen molar-refractivity contribution in [2.75, 3.05) is 31.0 Å². The summed E-state index contributed by atoms with van der Waals surface area (Å²) in [6.45, 7) is 4.13. The molecule has 0 aliphatic carbocycles. The van der Waals surface area contributed by atoms with E-state index < -0.39 is 11.7 Å². The van der Waals surface area contributed by atoms with Crippen molar-refractivity contribution >= 4 is 49.9 Å². The van der Waals surface area contributed by atoms with E-state index in [1.807, 2.05) is 0 Å². The third kappa shape index (κ3) is 5.07. The lowest BCUT2D eigenvalue weighted by Gasteiger charge is -2.15. The monoisotopic (exact) mass is 460 g/mol. The van der Waals surface area contributed by atoms with Gasteiger partial charge in [-0.25, -0.2) is 14.4 Å². The number of fused-ring (bicyclic) bond motifs is 1. The molecule has 3 rings (SSSR count). The topological polar surface area (TPSA) is 85.4 Å². The van der Waals surface area contributed by atoms with E-state index in [4.69, 9.17) is 9.47 Å². The van der Waals surface area contributed by atoms with Gasteiger partial charge in [-0.3, -0.25) is 4.79 Å². The van der Waals surface area contributed by atoms with Crippen LogP contribution in [0.3, 0.4) is 0 Å². The van der Waals surface area contributed by atoms with Gasteiger partial charge >= 0.3 is 0 Å². The van der Waals surface area contributed by atoms with Crippen molar-refractivity contribution in [3.8, 4) is 5.75 Å². The minimum absolute atomic E-state index is 0.255. The number of halogens is 2. The second-order valence-corrected chi connectivity index (χ2v) is 6.79. The summed E-state index contributed by atoms with van der Waals surface area (Å²) in [5, 5.41) is 6.25. The van der Waals surface area contributed by atoms with Crippen LogP contribution in [0.15, 0.2) is 53.8 Å². The zero-order chi connectivity index (χ0) is 20.8. The van der Waals surface area contributed by atoms with E-state index in [0.29, 0.717) is 45.8 Å². The Balaban J connectivity index is 2.04. The van der Waals surface area contributed by atoms with Crippen molar-refractivity contribution in [3.05, 3.63) is 59.6 Å². The molecule has 0 saturated heterocycles. The van der Waals surface area contributed by atoms with Gasteiger partial charge in [-0.2, -0.15) is 0 Å². The zero-order valence-corrected chi connectivity index (χ0v) is 17.1. The fourth-order valence-electron chi connectivity index (χ4n) is 2.54. The molecule has 0 spiro atoms. The van der Waals surface area contributed by atoms with Crippen LogP contribution in [0.2, 0.25) is 0 Å². The van der Waals surface area contributed by atoms with Gasteiger partial charge < -0.3 is 20.1 Å². The molecule has 2 N–H and O–H groups in total. The highest BCUT2D eigenvalue weighted by molar-refractivity contribution is 9.10. The third-order valence-electron chi connectivity index (χ3n) is 3.91. The van der Waals surface area contributed by atoms with Gasteiger partial charge in [0.15, 0.2) is 0 Å². The van der Waals surface area contributed by atoms with Gasteiger partial charge in [0, 0.05) is 23.0 Å². The van der Waals surface area contributed by atoms with Crippen LogP contribution < -0.4 is 15.4 Å². The van der Waals surface area contributed by atoms with Gasteiger partial charge in [-0.05, 0) is 30.3 Å². The highest BCUT2D eigenvalue weighted by Crippen LogP contribution is 2.34. The average Bonchev–Trinajstić information content (AvgIpc) is 2.70. The molecular weight excluding hydrogens is 443 g/mol. The number of hydrogen-bond donors (Lipinski definition) is 2. The number of aromatic nitrogens is 2. The molecule has 29 heavy (non-hydrogen) atoms. The second kappa shape index (κ2) is 9.44. The Kier molecular flexibility index (Phi) is 6.73. The second-order valence-electron chi connectivity index (χ2n) is 5.87. The smallest absolute Gasteiger partial charge is 0.247 e. The molecule has 0 atom stereocenters. The molecular formula is C20H18BrFN4O3. The summed E-state index contributed by atoms with van der Waals surface area (Å²) >= 11 is 3.23. The number of methoxy groups -OCH3 is 1. The van der Waals surface area contributed by atoms with Crippen molar-refractivity contribution in [2.45, 2.75) is 0 Å². The fourth-order valence-corrected chi connectivity index (χ4v) is 2.87.